The van der Waals surface area contributed by atoms with Crippen LogP contribution < -0.4 is 15.0 Å². The van der Waals surface area contributed by atoms with Crippen LogP contribution in [0.2, 0.25) is 0 Å². The van der Waals surface area contributed by atoms with Gasteiger partial charge < -0.3 is 14.5 Å². The van der Waals surface area contributed by atoms with Crippen molar-refractivity contribution in [1.82, 2.24) is 9.97 Å². The molecule has 0 bridgehead atoms. The topological polar surface area (TPSA) is 64.2 Å². The summed E-state index contributed by atoms with van der Waals surface area (Å²) in [6.07, 6.45) is 1.15. The van der Waals surface area contributed by atoms with E-state index in [0.29, 0.717) is 4.47 Å². The lowest BCUT2D eigenvalue weighted by molar-refractivity contribution is 0.355. The van der Waals surface area contributed by atoms with E-state index >= 15 is 0 Å². The van der Waals surface area contributed by atoms with Crippen molar-refractivity contribution in [2.24, 2.45) is 0 Å². The molecule has 1 N–H and O–H groups in total. The number of aromatic amines is 1. The number of benzene rings is 1. The summed E-state index contributed by atoms with van der Waals surface area (Å²) < 4.78 is 24.2. The zero-order chi connectivity index (χ0) is 13.1. The molecule has 0 spiro atoms. The van der Waals surface area contributed by atoms with E-state index in [1.165, 1.54) is 25.3 Å². The maximum Gasteiger partial charge on any atom is 0.297 e. The van der Waals surface area contributed by atoms with Crippen molar-refractivity contribution >= 4 is 15.9 Å². The first kappa shape index (κ1) is 12.6. The Morgan fingerprint density at radius 1 is 1.44 bits per heavy atom. The molecular weight excluding hydrogens is 307 g/mol. The molecule has 0 aliphatic carbocycles. The fourth-order valence-electron chi connectivity index (χ4n) is 1.28. The highest BCUT2D eigenvalue weighted by atomic mass is 79.9. The normalized spacial score (nSPS) is 10.2. The molecule has 94 valence electrons. The molecule has 1 aromatic carbocycles. The molecule has 0 amide bonds. The quantitative estimate of drug-likeness (QED) is 0.945. The van der Waals surface area contributed by atoms with E-state index < -0.39 is 11.4 Å². The van der Waals surface area contributed by atoms with Crippen LogP contribution in [0.3, 0.4) is 0 Å². The second kappa shape index (κ2) is 5.18. The standard InChI is InChI=1S/C11H8BrFN2O3/c1-17-9-10(16)14-5-15-11(9)18-8-4-6(12)2-3-7(8)13/h2-5H,1H3,(H,14,15,16). The third kappa shape index (κ3) is 2.51. The monoisotopic (exact) mass is 314 g/mol. The number of hydrogen-bond donors (Lipinski definition) is 1. The summed E-state index contributed by atoms with van der Waals surface area (Å²) in [5.41, 5.74) is -0.502. The van der Waals surface area contributed by atoms with Crippen molar-refractivity contribution in [3.05, 3.63) is 45.2 Å². The first-order valence-corrected chi connectivity index (χ1v) is 5.65. The van der Waals surface area contributed by atoms with Gasteiger partial charge >= 0.3 is 0 Å². The maximum atomic E-state index is 13.5. The van der Waals surface area contributed by atoms with Gasteiger partial charge in [-0.05, 0) is 18.2 Å². The molecule has 1 heterocycles. The number of ether oxygens (including phenoxy) is 2. The fourth-order valence-corrected chi connectivity index (χ4v) is 1.62. The molecule has 1 aromatic heterocycles. The Morgan fingerprint density at radius 2 is 2.22 bits per heavy atom. The van der Waals surface area contributed by atoms with Gasteiger partial charge in [-0.15, -0.1) is 0 Å². The van der Waals surface area contributed by atoms with Crippen LogP contribution in [-0.4, -0.2) is 17.1 Å². The molecule has 7 heteroatoms. The molecule has 0 saturated heterocycles. The minimum absolute atomic E-state index is 0.0548. The highest BCUT2D eigenvalue weighted by Crippen LogP contribution is 2.29. The summed E-state index contributed by atoms with van der Waals surface area (Å²) >= 11 is 3.19. The zero-order valence-electron chi connectivity index (χ0n) is 9.24. The molecule has 2 aromatic rings. The number of rotatable bonds is 3. The third-order valence-corrected chi connectivity index (χ3v) is 2.58. The molecule has 0 fully saturated rings. The molecule has 0 radical (unpaired) electrons. The summed E-state index contributed by atoms with van der Waals surface area (Å²) in [6.45, 7) is 0. The lowest BCUT2D eigenvalue weighted by Gasteiger charge is -2.08. The van der Waals surface area contributed by atoms with E-state index in [1.807, 2.05) is 0 Å². The van der Waals surface area contributed by atoms with Crippen molar-refractivity contribution in [3.8, 4) is 17.4 Å². The van der Waals surface area contributed by atoms with Crippen LogP contribution in [0, 0.1) is 5.82 Å². The van der Waals surface area contributed by atoms with E-state index in [2.05, 4.69) is 25.9 Å². The van der Waals surface area contributed by atoms with E-state index in [0.717, 1.165) is 6.33 Å². The van der Waals surface area contributed by atoms with Gasteiger partial charge in [0.15, 0.2) is 11.6 Å². The highest BCUT2D eigenvalue weighted by molar-refractivity contribution is 9.10. The molecule has 5 nitrogen and oxygen atoms in total. The van der Waals surface area contributed by atoms with Crippen LogP contribution >= 0.6 is 15.9 Å². The lowest BCUT2D eigenvalue weighted by Crippen LogP contribution is -2.11. The van der Waals surface area contributed by atoms with Gasteiger partial charge in [-0.1, -0.05) is 15.9 Å². The van der Waals surface area contributed by atoms with Gasteiger partial charge in [-0.3, -0.25) is 4.79 Å². The maximum absolute atomic E-state index is 13.5. The average Bonchev–Trinajstić information content (AvgIpc) is 2.34. The summed E-state index contributed by atoms with van der Waals surface area (Å²) in [5.74, 6) is -0.835. The number of H-pyrrole nitrogens is 1. The molecule has 0 aliphatic rings. The summed E-state index contributed by atoms with van der Waals surface area (Å²) in [4.78, 5) is 17.5. The lowest BCUT2D eigenvalue weighted by atomic mass is 10.3. The SMILES string of the molecule is COc1c(Oc2cc(Br)ccc2F)nc[nH]c1=O. The molecule has 0 saturated carbocycles. The van der Waals surface area contributed by atoms with Crippen LogP contribution in [0.25, 0.3) is 0 Å². The summed E-state index contributed by atoms with van der Waals surface area (Å²) in [7, 11) is 1.30. The molecule has 18 heavy (non-hydrogen) atoms. The minimum atomic E-state index is -0.567. The van der Waals surface area contributed by atoms with E-state index in [1.54, 1.807) is 0 Å². The molecule has 0 atom stereocenters. The van der Waals surface area contributed by atoms with E-state index in [4.69, 9.17) is 9.47 Å². The molecule has 0 unspecified atom stereocenters. The van der Waals surface area contributed by atoms with E-state index in [9.17, 15) is 9.18 Å². The van der Waals surface area contributed by atoms with Crippen molar-refractivity contribution < 1.29 is 13.9 Å². The average molecular weight is 315 g/mol. The Hall–Kier alpha value is -1.89. The Labute approximate surface area is 110 Å². The second-order valence-corrected chi connectivity index (χ2v) is 4.16. The van der Waals surface area contributed by atoms with Crippen LogP contribution in [0.5, 0.6) is 17.4 Å². The Balaban J connectivity index is 2.43. The Morgan fingerprint density at radius 3 is 2.94 bits per heavy atom. The Bertz CT molecular complexity index is 630. The number of nitrogens with one attached hydrogen (secondary N) is 1. The van der Waals surface area contributed by atoms with Gasteiger partial charge in [0.1, 0.15) is 0 Å². The first-order valence-electron chi connectivity index (χ1n) is 4.86. The van der Waals surface area contributed by atoms with Crippen LogP contribution in [0.1, 0.15) is 0 Å². The molecule has 0 aliphatic heterocycles. The van der Waals surface area contributed by atoms with Gasteiger partial charge in [0.2, 0.25) is 5.75 Å². The number of methoxy groups -OCH3 is 1. The van der Waals surface area contributed by atoms with Gasteiger partial charge in [-0.25, -0.2) is 9.37 Å². The highest BCUT2D eigenvalue weighted by Gasteiger charge is 2.13. The van der Waals surface area contributed by atoms with Crippen LogP contribution in [0.4, 0.5) is 4.39 Å². The van der Waals surface area contributed by atoms with Gasteiger partial charge in [-0.2, -0.15) is 0 Å². The zero-order valence-corrected chi connectivity index (χ0v) is 10.8. The van der Waals surface area contributed by atoms with Crippen molar-refractivity contribution in [2.45, 2.75) is 0 Å². The predicted molar refractivity (Wildman–Crippen MR) is 65.6 cm³/mol. The molecule has 2 rings (SSSR count). The predicted octanol–water partition coefficient (Wildman–Crippen LogP) is 2.47. The smallest absolute Gasteiger partial charge is 0.297 e. The van der Waals surface area contributed by atoms with Crippen LogP contribution in [-0.2, 0) is 0 Å². The van der Waals surface area contributed by atoms with Crippen molar-refractivity contribution in [3.63, 3.8) is 0 Å². The second-order valence-electron chi connectivity index (χ2n) is 3.25. The van der Waals surface area contributed by atoms with Crippen molar-refractivity contribution in [2.75, 3.05) is 7.11 Å². The third-order valence-electron chi connectivity index (χ3n) is 2.08. The Kier molecular flexibility index (Phi) is 3.61. The summed E-state index contributed by atoms with van der Waals surface area (Å²) in [6, 6.07) is 4.20. The number of aromatic nitrogens is 2. The minimum Gasteiger partial charge on any atom is -0.487 e. The van der Waals surface area contributed by atoms with E-state index in [-0.39, 0.29) is 17.4 Å². The molecular formula is C11H8BrFN2O3. The number of halogens is 2. The van der Waals surface area contributed by atoms with Gasteiger partial charge in [0.25, 0.3) is 11.4 Å². The first-order chi connectivity index (χ1) is 8.61. The largest absolute Gasteiger partial charge is 0.487 e. The summed E-state index contributed by atoms with van der Waals surface area (Å²) in [5, 5.41) is 0. The fraction of sp³-hybridized carbons (Fsp3) is 0.0909. The van der Waals surface area contributed by atoms with Crippen molar-refractivity contribution in [1.29, 1.82) is 0 Å². The number of nitrogens with zero attached hydrogens (tertiary/aromatic N) is 1. The number of hydrogen-bond acceptors (Lipinski definition) is 4. The van der Waals surface area contributed by atoms with Crippen LogP contribution in [0.15, 0.2) is 33.8 Å². The van der Waals surface area contributed by atoms with Gasteiger partial charge in [0.05, 0.1) is 13.4 Å². The van der Waals surface area contributed by atoms with Gasteiger partial charge in [0, 0.05) is 4.47 Å².